The standard InChI is InChI=1S/C21H21F2N7O3S2/c22-17(23)18-26-27-19(34-18)30-16-8-13(35(31,32)28-21(10-24)1-2-21)7-15(14(16)9-25-30)29-5-3-20(4-6-29)11-33-12-20/h7-9,17,28H,1-6,11-12H2. The van der Waals surface area contributed by atoms with E-state index in [4.69, 9.17) is 4.74 Å². The fourth-order valence-corrected chi connectivity index (χ4v) is 6.72. The molecule has 0 radical (unpaired) electrons. The van der Waals surface area contributed by atoms with Gasteiger partial charge in [-0.1, -0.05) is 11.3 Å². The van der Waals surface area contributed by atoms with Crippen molar-refractivity contribution in [2.45, 2.75) is 42.5 Å². The van der Waals surface area contributed by atoms with E-state index in [9.17, 15) is 22.5 Å². The molecule has 184 valence electrons. The molecule has 0 atom stereocenters. The Labute approximate surface area is 203 Å². The highest BCUT2D eigenvalue weighted by Crippen LogP contribution is 2.42. The molecule has 1 spiro atoms. The SMILES string of the molecule is N#CC1(NS(=O)(=O)c2cc(N3CCC4(CC3)COC4)c3cnn(-c4nnc(C(F)F)s4)c3c2)CC1. The van der Waals surface area contributed by atoms with E-state index in [1.54, 1.807) is 12.3 Å². The lowest BCUT2D eigenvalue weighted by molar-refractivity contribution is -0.124. The minimum atomic E-state index is -4.03. The topological polar surface area (TPSA) is 126 Å². The summed E-state index contributed by atoms with van der Waals surface area (Å²) in [6.07, 6.45) is 1.57. The van der Waals surface area contributed by atoms with Crippen LogP contribution in [0.15, 0.2) is 23.2 Å². The van der Waals surface area contributed by atoms with Gasteiger partial charge in [-0.3, -0.25) is 0 Å². The van der Waals surface area contributed by atoms with Crippen LogP contribution in [-0.4, -0.2) is 60.2 Å². The molecule has 35 heavy (non-hydrogen) atoms. The van der Waals surface area contributed by atoms with Gasteiger partial charge in [0, 0.05) is 29.6 Å². The molecule has 0 bridgehead atoms. The van der Waals surface area contributed by atoms with Gasteiger partial charge in [-0.25, -0.2) is 21.9 Å². The minimum absolute atomic E-state index is 0.0193. The van der Waals surface area contributed by atoms with Gasteiger partial charge >= 0.3 is 0 Å². The second-order valence-corrected chi connectivity index (χ2v) is 12.1. The van der Waals surface area contributed by atoms with E-state index in [0.717, 1.165) is 39.1 Å². The number of anilines is 1. The summed E-state index contributed by atoms with van der Waals surface area (Å²) < 4.78 is 62.1. The normalized spacial score (nSPS) is 20.8. The van der Waals surface area contributed by atoms with Gasteiger partial charge in [0.05, 0.1) is 35.9 Å². The zero-order valence-electron chi connectivity index (χ0n) is 18.4. The molecule has 0 amide bonds. The van der Waals surface area contributed by atoms with Gasteiger partial charge in [-0.15, -0.1) is 10.2 Å². The second-order valence-electron chi connectivity index (χ2n) is 9.43. The first-order chi connectivity index (χ1) is 16.7. The Bertz CT molecular complexity index is 1450. The number of halogens is 2. The summed E-state index contributed by atoms with van der Waals surface area (Å²) in [7, 11) is -4.03. The molecule has 3 aromatic rings. The summed E-state index contributed by atoms with van der Waals surface area (Å²) >= 11 is 0.695. The van der Waals surface area contributed by atoms with Crippen molar-refractivity contribution >= 4 is 38.0 Å². The van der Waals surface area contributed by atoms with Gasteiger partial charge in [0.15, 0.2) is 5.01 Å². The first-order valence-electron chi connectivity index (χ1n) is 11.1. The second kappa shape index (κ2) is 7.89. The number of ether oxygens (including phenoxy) is 1. The molecule has 4 heterocycles. The van der Waals surface area contributed by atoms with Gasteiger partial charge in [0.1, 0.15) is 5.54 Å². The van der Waals surface area contributed by atoms with Gasteiger partial charge < -0.3 is 9.64 Å². The van der Waals surface area contributed by atoms with E-state index in [2.05, 4.69) is 24.9 Å². The number of hydrogen-bond acceptors (Lipinski definition) is 9. The number of rotatable bonds is 6. The molecular weight excluding hydrogens is 500 g/mol. The van der Waals surface area contributed by atoms with Crippen LogP contribution in [0.5, 0.6) is 0 Å². The molecule has 2 saturated heterocycles. The van der Waals surface area contributed by atoms with Gasteiger partial charge in [-0.2, -0.15) is 15.1 Å². The van der Waals surface area contributed by atoms with Gasteiger partial charge in [0.2, 0.25) is 15.2 Å². The monoisotopic (exact) mass is 521 g/mol. The van der Waals surface area contributed by atoms with Crippen LogP contribution >= 0.6 is 11.3 Å². The molecule has 6 rings (SSSR count). The molecule has 3 fully saturated rings. The maximum absolute atomic E-state index is 13.3. The Morgan fingerprint density at radius 1 is 1.17 bits per heavy atom. The van der Waals surface area contributed by atoms with Gasteiger partial charge in [-0.05, 0) is 37.8 Å². The smallest absolute Gasteiger partial charge is 0.291 e. The van der Waals surface area contributed by atoms with E-state index in [0.29, 0.717) is 40.8 Å². The summed E-state index contributed by atoms with van der Waals surface area (Å²) in [4.78, 5) is 2.10. The lowest BCUT2D eigenvalue weighted by atomic mass is 9.76. The highest BCUT2D eigenvalue weighted by Gasteiger charge is 2.47. The van der Waals surface area contributed by atoms with Crippen LogP contribution in [0.3, 0.4) is 0 Å². The van der Waals surface area contributed by atoms with Crippen LogP contribution in [0, 0.1) is 16.7 Å². The van der Waals surface area contributed by atoms with Crippen molar-refractivity contribution in [2.75, 3.05) is 31.2 Å². The largest absolute Gasteiger partial charge is 0.380 e. The van der Waals surface area contributed by atoms with Crippen molar-refractivity contribution in [3.8, 4) is 11.2 Å². The van der Waals surface area contributed by atoms with Gasteiger partial charge in [0.25, 0.3) is 6.43 Å². The lowest BCUT2D eigenvalue weighted by Gasteiger charge is -2.48. The Morgan fingerprint density at radius 3 is 2.49 bits per heavy atom. The molecule has 10 nitrogen and oxygen atoms in total. The highest BCUT2D eigenvalue weighted by atomic mass is 32.2. The number of nitrogens with zero attached hydrogens (tertiary/aromatic N) is 6. The summed E-state index contributed by atoms with van der Waals surface area (Å²) in [5.74, 6) is 0. The molecular formula is C21H21F2N7O3S2. The molecule has 1 aromatic carbocycles. The number of hydrogen-bond donors (Lipinski definition) is 1. The molecule has 1 N–H and O–H groups in total. The first-order valence-corrected chi connectivity index (χ1v) is 13.4. The fourth-order valence-electron chi connectivity index (χ4n) is 4.63. The van der Waals surface area contributed by atoms with Crippen molar-refractivity contribution in [2.24, 2.45) is 5.41 Å². The Hall–Kier alpha value is -2.73. The summed E-state index contributed by atoms with van der Waals surface area (Å²) in [5.41, 5.74) is 0.203. The van der Waals surface area contributed by atoms with Crippen LogP contribution < -0.4 is 9.62 Å². The lowest BCUT2D eigenvalue weighted by Crippen LogP contribution is -2.51. The number of alkyl halides is 2. The van der Waals surface area contributed by atoms with Crippen molar-refractivity contribution in [1.82, 2.24) is 24.7 Å². The Morgan fingerprint density at radius 2 is 1.91 bits per heavy atom. The van der Waals surface area contributed by atoms with Crippen LogP contribution in [0.4, 0.5) is 14.5 Å². The maximum Gasteiger partial charge on any atom is 0.291 e. The maximum atomic E-state index is 13.3. The molecule has 3 aliphatic rings. The molecule has 14 heteroatoms. The third kappa shape index (κ3) is 3.86. The highest BCUT2D eigenvalue weighted by molar-refractivity contribution is 7.89. The van der Waals surface area contributed by atoms with Crippen LogP contribution in [0.1, 0.15) is 37.1 Å². The zero-order chi connectivity index (χ0) is 24.4. The fraction of sp³-hybridized carbons (Fsp3) is 0.524. The number of nitriles is 1. The molecule has 2 aromatic heterocycles. The van der Waals surface area contributed by atoms with Crippen molar-refractivity contribution in [3.63, 3.8) is 0 Å². The molecule has 2 aliphatic heterocycles. The molecule has 0 unspecified atom stereocenters. The summed E-state index contributed by atoms with van der Waals surface area (Å²) in [6, 6.07) is 5.09. The molecule has 1 aliphatic carbocycles. The van der Waals surface area contributed by atoms with E-state index in [1.807, 2.05) is 6.07 Å². The Kier molecular flexibility index (Phi) is 5.12. The number of fused-ring (bicyclic) bond motifs is 1. The minimum Gasteiger partial charge on any atom is -0.380 e. The number of nitrogens with one attached hydrogen (secondary N) is 1. The predicted octanol–water partition coefficient (Wildman–Crippen LogP) is 2.77. The van der Waals surface area contributed by atoms with Crippen LogP contribution in [-0.2, 0) is 14.8 Å². The third-order valence-electron chi connectivity index (χ3n) is 7.02. The van der Waals surface area contributed by atoms with Crippen molar-refractivity contribution < 1.29 is 21.9 Å². The van der Waals surface area contributed by atoms with Crippen LogP contribution in [0.25, 0.3) is 16.0 Å². The number of piperidine rings is 1. The number of aromatic nitrogens is 4. The summed E-state index contributed by atoms with van der Waals surface area (Å²) in [5, 5.41) is 21.5. The first kappa shape index (κ1) is 22.7. The predicted molar refractivity (Wildman–Crippen MR) is 122 cm³/mol. The van der Waals surface area contributed by atoms with Crippen molar-refractivity contribution in [1.29, 1.82) is 5.26 Å². The van der Waals surface area contributed by atoms with E-state index in [-0.39, 0.29) is 15.4 Å². The van der Waals surface area contributed by atoms with E-state index in [1.165, 1.54) is 10.7 Å². The Balaban J connectivity index is 1.45. The average Bonchev–Trinajstić information content (AvgIpc) is 3.21. The zero-order valence-corrected chi connectivity index (χ0v) is 20.1. The van der Waals surface area contributed by atoms with Crippen molar-refractivity contribution in [3.05, 3.63) is 23.3 Å². The van der Waals surface area contributed by atoms with E-state index >= 15 is 0 Å². The average molecular weight is 522 g/mol. The quantitative estimate of drug-likeness (QED) is 0.525. The molecule has 1 saturated carbocycles. The van der Waals surface area contributed by atoms with Crippen LogP contribution in [0.2, 0.25) is 0 Å². The third-order valence-corrected chi connectivity index (χ3v) is 9.45. The number of benzene rings is 1. The summed E-state index contributed by atoms with van der Waals surface area (Å²) in [6.45, 7) is 2.92. The number of sulfonamides is 1. The van der Waals surface area contributed by atoms with E-state index < -0.39 is 27.0 Å².